The van der Waals surface area contributed by atoms with E-state index >= 15 is 0 Å². The molecule has 6 nitrogen and oxygen atoms in total. The summed E-state index contributed by atoms with van der Waals surface area (Å²) in [6.45, 7) is 9.50. The summed E-state index contributed by atoms with van der Waals surface area (Å²) in [5.74, 6) is 0.958. The Labute approximate surface area is 173 Å². The van der Waals surface area contributed by atoms with Gasteiger partial charge in [0.1, 0.15) is 5.82 Å². The summed E-state index contributed by atoms with van der Waals surface area (Å²) < 4.78 is 0. The quantitative estimate of drug-likeness (QED) is 0.778. The van der Waals surface area contributed by atoms with Gasteiger partial charge in [0.25, 0.3) is 5.91 Å². The minimum Gasteiger partial charge on any atom is -0.336 e. The first-order valence-corrected chi connectivity index (χ1v) is 10.4. The lowest BCUT2D eigenvalue weighted by atomic mass is 10.1. The molecule has 1 aromatic carbocycles. The van der Waals surface area contributed by atoms with Crippen molar-refractivity contribution in [2.45, 2.75) is 59.0 Å². The highest BCUT2D eigenvalue weighted by molar-refractivity contribution is 5.95. The molecule has 1 aliphatic heterocycles. The molecule has 0 aliphatic carbocycles. The van der Waals surface area contributed by atoms with Crippen molar-refractivity contribution < 1.29 is 9.59 Å². The summed E-state index contributed by atoms with van der Waals surface area (Å²) >= 11 is 0. The molecule has 0 bridgehead atoms. The SMILES string of the molecule is CC[C@@H]1CN(C(=O)c2cnc(C(C)C)nc2C)CCC(=O)N1Cc1ccccc1. The lowest BCUT2D eigenvalue weighted by Gasteiger charge is -2.31. The maximum atomic E-state index is 13.2. The molecule has 1 aliphatic rings. The van der Waals surface area contributed by atoms with Crippen molar-refractivity contribution in [2.75, 3.05) is 13.1 Å². The zero-order valence-electron chi connectivity index (χ0n) is 17.8. The molecule has 0 spiro atoms. The number of hydrogen-bond acceptors (Lipinski definition) is 4. The van der Waals surface area contributed by atoms with E-state index in [0.29, 0.717) is 37.3 Å². The first-order valence-electron chi connectivity index (χ1n) is 10.4. The molecule has 29 heavy (non-hydrogen) atoms. The summed E-state index contributed by atoms with van der Waals surface area (Å²) in [4.78, 5) is 38.6. The van der Waals surface area contributed by atoms with E-state index in [0.717, 1.165) is 17.8 Å². The summed E-state index contributed by atoms with van der Waals surface area (Å²) in [7, 11) is 0. The van der Waals surface area contributed by atoms with Crippen molar-refractivity contribution in [1.82, 2.24) is 19.8 Å². The van der Waals surface area contributed by atoms with Gasteiger partial charge in [-0.15, -0.1) is 0 Å². The maximum absolute atomic E-state index is 13.2. The second kappa shape index (κ2) is 9.16. The maximum Gasteiger partial charge on any atom is 0.257 e. The third-order valence-corrected chi connectivity index (χ3v) is 5.49. The van der Waals surface area contributed by atoms with Gasteiger partial charge in [0.2, 0.25) is 5.91 Å². The lowest BCUT2D eigenvalue weighted by Crippen LogP contribution is -2.44. The molecular weight excluding hydrogens is 364 g/mol. The topological polar surface area (TPSA) is 66.4 Å². The molecule has 1 atom stereocenters. The van der Waals surface area contributed by atoms with Gasteiger partial charge in [0.15, 0.2) is 0 Å². The lowest BCUT2D eigenvalue weighted by molar-refractivity contribution is -0.133. The van der Waals surface area contributed by atoms with Gasteiger partial charge in [-0.3, -0.25) is 9.59 Å². The van der Waals surface area contributed by atoms with Crippen molar-refractivity contribution in [3.8, 4) is 0 Å². The number of carbonyl (C=O) groups excluding carboxylic acids is 2. The predicted octanol–water partition coefficient (Wildman–Crippen LogP) is 3.56. The van der Waals surface area contributed by atoms with E-state index in [-0.39, 0.29) is 23.8 Å². The number of nitrogens with zero attached hydrogens (tertiary/aromatic N) is 4. The van der Waals surface area contributed by atoms with Crippen LogP contribution in [0.4, 0.5) is 0 Å². The Balaban J connectivity index is 1.80. The third kappa shape index (κ3) is 4.81. The smallest absolute Gasteiger partial charge is 0.257 e. The summed E-state index contributed by atoms with van der Waals surface area (Å²) in [6.07, 6.45) is 2.76. The second-order valence-corrected chi connectivity index (χ2v) is 7.95. The van der Waals surface area contributed by atoms with Gasteiger partial charge < -0.3 is 9.80 Å². The Bertz CT molecular complexity index is 866. The zero-order valence-corrected chi connectivity index (χ0v) is 17.8. The molecule has 2 aromatic rings. The van der Waals surface area contributed by atoms with Crippen LogP contribution in [0.25, 0.3) is 0 Å². The minimum atomic E-state index is -0.0920. The van der Waals surface area contributed by atoms with Crippen LogP contribution in [0.2, 0.25) is 0 Å². The molecule has 2 heterocycles. The average molecular weight is 395 g/mol. The van der Waals surface area contributed by atoms with Gasteiger partial charge in [-0.25, -0.2) is 9.97 Å². The highest BCUT2D eigenvalue weighted by Gasteiger charge is 2.31. The van der Waals surface area contributed by atoms with Crippen LogP contribution in [-0.2, 0) is 11.3 Å². The Kier molecular flexibility index (Phi) is 6.62. The molecule has 1 aromatic heterocycles. The van der Waals surface area contributed by atoms with Crippen molar-refractivity contribution in [3.05, 3.63) is 59.2 Å². The first kappa shape index (κ1) is 21.0. The van der Waals surface area contributed by atoms with E-state index in [1.54, 1.807) is 11.1 Å². The first-order chi connectivity index (χ1) is 13.9. The monoisotopic (exact) mass is 394 g/mol. The molecule has 3 rings (SSSR count). The molecule has 1 fully saturated rings. The summed E-state index contributed by atoms with van der Waals surface area (Å²) in [5, 5.41) is 0. The molecule has 6 heteroatoms. The van der Waals surface area contributed by atoms with Gasteiger partial charge >= 0.3 is 0 Å². The largest absolute Gasteiger partial charge is 0.336 e. The van der Waals surface area contributed by atoms with Crippen molar-refractivity contribution >= 4 is 11.8 Å². The predicted molar refractivity (Wildman–Crippen MR) is 112 cm³/mol. The normalized spacial score (nSPS) is 17.6. The molecular formula is C23H30N4O2. The van der Waals surface area contributed by atoms with Crippen LogP contribution in [0.3, 0.4) is 0 Å². The number of carbonyl (C=O) groups is 2. The molecule has 1 saturated heterocycles. The van der Waals surface area contributed by atoms with Crippen LogP contribution in [0.15, 0.2) is 36.5 Å². The molecule has 0 N–H and O–H groups in total. The fourth-order valence-electron chi connectivity index (χ4n) is 3.70. The van der Waals surface area contributed by atoms with E-state index in [2.05, 4.69) is 16.9 Å². The van der Waals surface area contributed by atoms with E-state index < -0.39 is 0 Å². The fraction of sp³-hybridized carbons (Fsp3) is 0.478. The Morgan fingerprint density at radius 2 is 1.97 bits per heavy atom. The highest BCUT2D eigenvalue weighted by Crippen LogP contribution is 2.20. The van der Waals surface area contributed by atoms with Crippen LogP contribution in [0.1, 0.15) is 67.0 Å². The van der Waals surface area contributed by atoms with E-state index in [1.807, 2.05) is 56.0 Å². The summed E-state index contributed by atoms with van der Waals surface area (Å²) in [5.41, 5.74) is 2.32. The van der Waals surface area contributed by atoms with E-state index in [1.165, 1.54) is 0 Å². The van der Waals surface area contributed by atoms with E-state index in [9.17, 15) is 9.59 Å². The zero-order chi connectivity index (χ0) is 21.0. The van der Waals surface area contributed by atoms with Crippen LogP contribution in [0.5, 0.6) is 0 Å². The number of hydrogen-bond donors (Lipinski definition) is 0. The average Bonchev–Trinajstić information content (AvgIpc) is 2.87. The van der Waals surface area contributed by atoms with Gasteiger partial charge in [0, 0.05) is 44.2 Å². The van der Waals surface area contributed by atoms with Gasteiger partial charge in [0.05, 0.1) is 11.3 Å². The number of aromatic nitrogens is 2. The van der Waals surface area contributed by atoms with Crippen molar-refractivity contribution in [3.63, 3.8) is 0 Å². The van der Waals surface area contributed by atoms with Crippen molar-refractivity contribution in [1.29, 1.82) is 0 Å². The van der Waals surface area contributed by atoms with Crippen LogP contribution in [-0.4, -0.2) is 50.7 Å². The van der Waals surface area contributed by atoms with Crippen LogP contribution < -0.4 is 0 Å². The van der Waals surface area contributed by atoms with Crippen LogP contribution in [0, 0.1) is 6.92 Å². The number of rotatable bonds is 5. The Hall–Kier alpha value is -2.76. The van der Waals surface area contributed by atoms with Gasteiger partial charge in [-0.05, 0) is 18.9 Å². The molecule has 0 saturated carbocycles. The molecule has 0 unspecified atom stereocenters. The molecule has 2 amide bonds. The Morgan fingerprint density at radius 1 is 1.24 bits per heavy atom. The highest BCUT2D eigenvalue weighted by atomic mass is 16.2. The molecule has 0 radical (unpaired) electrons. The second-order valence-electron chi connectivity index (χ2n) is 7.95. The number of amides is 2. The minimum absolute atomic E-state index is 0.00896. The summed E-state index contributed by atoms with van der Waals surface area (Å²) in [6, 6.07) is 10.00. The van der Waals surface area contributed by atoms with Gasteiger partial charge in [-0.1, -0.05) is 51.1 Å². The fourth-order valence-corrected chi connectivity index (χ4v) is 3.70. The van der Waals surface area contributed by atoms with Crippen LogP contribution >= 0.6 is 0 Å². The molecule has 154 valence electrons. The third-order valence-electron chi connectivity index (χ3n) is 5.49. The number of aryl methyl sites for hydroxylation is 1. The number of benzene rings is 1. The van der Waals surface area contributed by atoms with Gasteiger partial charge in [-0.2, -0.15) is 0 Å². The standard InChI is InChI=1S/C23H30N4O2/c1-5-19-15-26(23(29)20-13-24-22(16(2)3)25-17(20)4)12-11-21(28)27(19)14-18-9-7-6-8-10-18/h6-10,13,16,19H,5,11-12,14-15H2,1-4H3/t19-/m1/s1. The Morgan fingerprint density at radius 3 is 2.59 bits per heavy atom. The van der Waals surface area contributed by atoms with E-state index in [4.69, 9.17) is 0 Å². The van der Waals surface area contributed by atoms with Crippen molar-refractivity contribution in [2.24, 2.45) is 0 Å².